The van der Waals surface area contributed by atoms with Crippen LogP contribution in [0.15, 0.2) is 54.6 Å². The largest absolute Gasteiger partial charge is 0.513 e. The third-order valence-electron chi connectivity index (χ3n) is 4.12. The highest BCUT2D eigenvalue weighted by atomic mass is 31.2. The average Bonchev–Trinajstić information content (AvgIpc) is 2.67. The van der Waals surface area contributed by atoms with E-state index in [-0.39, 0.29) is 29.7 Å². The molecule has 1 fully saturated rings. The third-order valence-corrected chi connectivity index (χ3v) is 5.72. The van der Waals surface area contributed by atoms with E-state index in [1.165, 1.54) is 31.2 Å². The molecule has 11 heteroatoms. The van der Waals surface area contributed by atoms with Crippen LogP contribution in [0, 0.1) is 16.0 Å². The third kappa shape index (κ3) is 6.03. The van der Waals surface area contributed by atoms with Gasteiger partial charge in [0.25, 0.3) is 5.69 Å². The summed E-state index contributed by atoms with van der Waals surface area (Å²) in [6, 6.07) is 12.3. The maximum atomic E-state index is 13.4. The van der Waals surface area contributed by atoms with Crippen molar-refractivity contribution in [3.8, 4) is 11.5 Å². The Bertz CT molecular complexity index is 918. The van der Waals surface area contributed by atoms with Crippen LogP contribution in [0.2, 0.25) is 0 Å². The second kappa shape index (κ2) is 9.71. The zero-order valence-corrected chi connectivity index (χ0v) is 17.0. The molecule has 0 aromatic heterocycles. The molecule has 1 N–H and O–H groups in total. The zero-order chi connectivity index (χ0) is 21.6. The molecule has 1 unspecified atom stereocenters. The van der Waals surface area contributed by atoms with Gasteiger partial charge in [0, 0.05) is 18.1 Å². The van der Waals surface area contributed by atoms with Crippen molar-refractivity contribution in [2.75, 3.05) is 19.8 Å². The van der Waals surface area contributed by atoms with E-state index in [9.17, 15) is 19.5 Å². The number of carbonyl (C=O) groups is 1. The Morgan fingerprint density at radius 3 is 2.30 bits per heavy atom. The predicted molar refractivity (Wildman–Crippen MR) is 106 cm³/mol. The molecule has 3 rings (SSSR count). The van der Waals surface area contributed by atoms with Crippen LogP contribution in [0.25, 0.3) is 0 Å². The number of esters is 1. The minimum atomic E-state index is -4.10. The van der Waals surface area contributed by atoms with E-state index in [4.69, 9.17) is 18.5 Å². The van der Waals surface area contributed by atoms with Gasteiger partial charge in [0.05, 0.1) is 24.7 Å². The lowest BCUT2D eigenvalue weighted by Gasteiger charge is -2.26. The van der Waals surface area contributed by atoms with Crippen molar-refractivity contribution in [1.82, 2.24) is 5.09 Å². The summed E-state index contributed by atoms with van der Waals surface area (Å²) in [6.45, 7) is 2.75. The SMILES string of the molecule is C[C@H](NP(=O)(Oc1ccccc1)Oc1ccc([N+](=O)[O-])cc1)C(=O)OCC1COC1. The summed E-state index contributed by atoms with van der Waals surface area (Å²) in [5.74, 6) is -0.141. The highest BCUT2D eigenvalue weighted by molar-refractivity contribution is 7.52. The van der Waals surface area contributed by atoms with E-state index in [2.05, 4.69) is 5.09 Å². The molecule has 2 aromatic rings. The summed E-state index contributed by atoms with van der Waals surface area (Å²) >= 11 is 0. The van der Waals surface area contributed by atoms with Crippen molar-refractivity contribution in [3.63, 3.8) is 0 Å². The Morgan fingerprint density at radius 2 is 1.77 bits per heavy atom. The smallest absolute Gasteiger partial charge is 0.464 e. The first kappa shape index (κ1) is 21.8. The molecule has 0 radical (unpaired) electrons. The molecule has 1 saturated heterocycles. The van der Waals surface area contributed by atoms with Crippen molar-refractivity contribution in [3.05, 3.63) is 64.7 Å². The van der Waals surface area contributed by atoms with Crippen molar-refractivity contribution in [2.24, 2.45) is 5.92 Å². The van der Waals surface area contributed by atoms with Crippen LogP contribution in [-0.2, 0) is 18.8 Å². The first-order valence-corrected chi connectivity index (χ1v) is 10.7. The molecule has 1 heterocycles. The van der Waals surface area contributed by atoms with Crippen molar-refractivity contribution in [2.45, 2.75) is 13.0 Å². The van der Waals surface area contributed by atoms with Gasteiger partial charge in [-0.1, -0.05) is 18.2 Å². The first-order valence-electron chi connectivity index (χ1n) is 9.15. The quantitative estimate of drug-likeness (QED) is 0.258. The lowest BCUT2D eigenvalue weighted by molar-refractivity contribution is -0.384. The Morgan fingerprint density at radius 1 is 1.17 bits per heavy atom. The number of carbonyl (C=O) groups excluding carboxylic acids is 1. The molecular formula is C19H21N2O8P. The number of hydrogen-bond donors (Lipinski definition) is 1. The zero-order valence-electron chi connectivity index (χ0n) is 16.1. The fraction of sp³-hybridized carbons (Fsp3) is 0.316. The number of rotatable bonds is 10. The summed E-state index contributed by atoms with van der Waals surface area (Å²) in [7, 11) is -4.10. The van der Waals surface area contributed by atoms with Crippen LogP contribution < -0.4 is 14.1 Å². The normalized spacial score (nSPS) is 16.6. The van der Waals surface area contributed by atoms with Crippen LogP contribution in [0.1, 0.15) is 6.92 Å². The second-order valence-corrected chi connectivity index (χ2v) is 8.25. The molecule has 0 bridgehead atoms. The van der Waals surface area contributed by atoms with Crippen LogP contribution in [0.4, 0.5) is 5.69 Å². The number of nitrogens with zero attached hydrogens (tertiary/aromatic N) is 1. The molecule has 0 aliphatic carbocycles. The van der Waals surface area contributed by atoms with Gasteiger partial charge < -0.3 is 18.5 Å². The van der Waals surface area contributed by atoms with E-state index in [0.29, 0.717) is 13.2 Å². The Hall–Kier alpha value is -2.94. The van der Waals surface area contributed by atoms with Gasteiger partial charge in [-0.15, -0.1) is 0 Å². The Balaban J connectivity index is 1.71. The van der Waals surface area contributed by atoms with Gasteiger partial charge in [-0.2, -0.15) is 5.09 Å². The van der Waals surface area contributed by atoms with E-state index >= 15 is 0 Å². The summed E-state index contributed by atoms with van der Waals surface area (Å²) in [5.41, 5.74) is -0.147. The lowest BCUT2D eigenvalue weighted by Crippen LogP contribution is -2.38. The van der Waals surface area contributed by atoms with Gasteiger partial charge in [-0.25, -0.2) is 4.57 Å². The van der Waals surface area contributed by atoms with Gasteiger partial charge in [-0.05, 0) is 31.2 Å². The standard InChI is InChI=1S/C19H21N2O8P/c1-14(19(22)27-13-15-11-26-12-15)20-30(25,28-17-5-3-2-4-6-17)29-18-9-7-16(8-10-18)21(23)24/h2-10,14-15H,11-13H2,1H3,(H,20,25)/t14-,30?/m0/s1. The van der Waals surface area contributed by atoms with Crippen LogP contribution >= 0.6 is 7.75 Å². The highest BCUT2D eigenvalue weighted by Crippen LogP contribution is 2.45. The highest BCUT2D eigenvalue weighted by Gasteiger charge is 2.34. The van der Waals surface area contributed by atoms with Crippen molar-refractivity contribution >= 4 is 19.4 Å². The molecule has 10 nitrogen and oxygen atoms in total. The predicted octanol–water partition coefficient (Wildman–Crippen LogP) is 3.33. The van der Waals surface area contributed by atoms with Gasteiger partial charge in [0.15, 0.2) is 0 Å². The van der Waals surface area contributed by atoms with Crippen LogP contribution in [0.5, 0.6) is 11.5 Å². The second-order valence-electron chi connectivity index (χ2n) is 6.63. The number of nitrogens with one attached hydrogen (secondary N) is 1. The van der Waals surface area contributed by atoms with E-state index < -0.39 is 24.7 Å². The van der Waals surface area contributed by atoms with Crippen molar-refractivity contribution in [1.29, 1.82) is 0 Å². The Labute approximate surface area is 172 Å². The van der Waals surface area contributed by atoms with Crippen molar-refractivity contribution < 1.29 is 32.8 Å². The monoisotopic (exact) mass is 436 g/mol. The summed E-state index contributed by atoms with van der Waals surface area (Å²) in [5, 5.41) is 13.4. The minimum Gasteiger partial charge on any atom is -0.464 e. The number of hydrogen-bond acceptors (Lipinski definition) is 8. The van der Waals surface area contributed by atoms with Crippen LogP contribution in [0.3, 0.4) is 0 Å². The van der Waals surface area contributed by atoms with Gasteiger partial charge in [-0.3, -0.25) is 14.9 Å². The number of benzene rings is 2. The average molecular weight is 436 g/mol. The lowest BCUT2D eigenvalue weighted by atomic mass is 10.1. The number of nitro benzene ring substituents is 1. The van der Waals surface area contributed by atoms with Gasteiger partial charge >= 0.3 is 13.7 Å². The fourth-order valence-corrected chi connectivity index (χ4v) is 3.98. The minimum absolute atomic E-state index is 0.0690. The number of para-hydroxylation sites is 1. The number of nitro groups is 1. The maximum Gasteiger partial charge on any atom is 0.513 e. The molecule has 2 aromatic carbocycles. The topological polar surface area (TPSA) is 126 Å². The molecular weight excluding hydrogens is 415 g/mol. The molecule has 1 aliphatic heterocycles. The first-order chi connectivity index (χ1) is 14.3. The fourth-order valence-electron chi connectivity index (χ4n) is 2.45. The van der Waals surface area contributed by atoms with E-state index in [1.54, 1.807) is 30.3 Å². The molecule has 0 saturated carbocycles. The van der Waals surface area contributed by atoms with Gasteiger partial charge in [0.1, 0.15) is 17.5 Å². The van der Waals surface area contributed by atoms with Crippen LogP contribution in [-0.4, -0.2) is 36.8 Å². The Kier molecular flexibility index (Phi) is 7.04. The summed E-state index contributed by atoms with van der Waals surface area (Å²) < 4.78 is 34.6. The number of ether oxygens (including phenoxy) is 2. The number of non-ortho nitro benzene ring substituents is 1. The summed E-state index contributed by atoms with van der Waals surface area (Å²) in [6.07, 6.45) is 0. The maximum absolute atomic E-state index is 13.4. The molecule has 1 aliphatic rings. The van der Waals surface area contributed by atoms with E-state index in [0.717, 1.165) is 0 Å². The molecule has 0 amide bonds. The molecule has 30 heavy (non-hydrogen) atoms. The molecule has 160 valence electrons. The molecule has 2 atom stereocenters. The van der Waals surface area contributed by atoms with Gasteiger partial charge in [0.2, 0.25) is 0 Å². The van der Waals surface area contributed by atoms with E-state index in [1.807, 2.05) is 0 Å². The molecule has 0 spiro atoms. The summed E-state index contributed by atoms with van der Waals surface area (Å²) in [4.78, 5) is 22.5.